The van der Waals surface area contributed by atoms with Gasteiger partial charge in [-0.05, 0) is 5.92 Å². The van der Waals surface area contributed by atoms with Crippen LogP contribution in [0.4, 0.5) is 4.79 Å². The van der Waals surface area contributed by atoms with E-state index >= 15 is 0 Å². The number of carboxylic acid groups (broad SMARTS) is 1. The lowest BCUT2D eigenvalue weighted by Crippen LogP contribution is -2.46. The zero-order valence-corrected chi connectivity index (χ0v) is 12.2. The number of carbonyl (C=O) groups excluding carboxylic acids is 3. The summed E-state index contributed by atoms with van der Waals surface area (Å²) in [5.41, 5.74) is 0. The first kappa shape index (κ1) is 18.7. The number of esters is 2. The molecule has 1 atom stereocenters. The molecule has 0 aliphatic rings. The molecule has 21 heavy (non-hydrogen) atoms. The Kier molecular flexibility index (Phi) is 8.51. The molecule has 0 aromatic rings. The maximum Gasteiger partial charge on any atom is 0.325 e. The van der Waals surface area contributed by atoms with Crippen molar-refractivity contribution in [1.82, 2.24) is 10.2 Å². The van der Waals surface area contributed by atoms with E-state index in [-0.39, 0.29) is 18.9 Å². The van der Waals surface area contributed by atoms with Crippen molar-refractivity contribution in [3.63, 3.8) is 0 Å². The molecule has 0 rings (SSSR count). The number of amides is 2. The first-order valence-corrected chi connectivity index (χ1v) is 6.18. The summed E-state index contributed by atoms with van der Waals surface area (Å²) in [5, 5.41) is 11.1. The fraction of sp³-hybridized carbons (Fsp3) is 0.667. The fourth-order valence-electron chi connectivity index (χ4n) is 1.38. The van der Waals surface area contributed by atoms with Crippen molar-refractivity contribution < 1.29 is 33.8 Å². The maximum atomic E-state index is 11.9. The Labute approximate surface area is 122 Å². The number of nitrogens with zero attached hydrogens (tertiary/aromatic N) is 1. The number of hydrogen-bond acceptors (Lipinski definition) is 6. The van der Waals surface area contributed by atoms with Gasteiger partial charge in [-0.2, -0.15) is 0 Å². The topological polar surface area (TPSA) is 122 Å². The number of methoxy groups -OCH3 is 2. The number of hydrogen-bond donors (Lipinski definition) is 2. The molecule has 2 N–H and O–H groups in total. The molecule has 120 valence electrons. The van der Waals surface area contributed by atoms with Crippen LogP contribution in [0.25, 0.3) is 0 Å². The molecule has 0 aromatic carbocycles. The van der Waals surface area contributed by atoms with Crippen molar-refractivity contribution in [2.75, 3.05) is 33.9 Å². The quantitative estimate of drug-likeness (QED) is 0.577. The Bertz CT molecular complexity index is 379. The van der Waals surface area contributed by atoms with Crippen molar-refractivity contribution in [2.45, 2.75) is 13.3 Å². The first-order valence-electron chi connectivity index (χ1n) is 6.18. The monoisotopic (exact) mass is 304 g/mol. The van der Waals surface area contributed by atoms with Crippen LogP contribution in [-0.4, -0.2) is 67.8 Å². The number of nitrogens with one attached hydrogen (secondary N) is 1. The summed E-state index contributed by atoms with van der Waals surface area (Å²) < 4.78 is 8.87. The Balaban J connectivity index is 4.52. The Hall–Kier alpha value is -2.32. The standard InChI is InChI=1S/C12H20N2O7/c1-8(4-9(15)16)5-13-12(19)14(6-10(17)20-2)7-11(18)21-3/h8H,4-7H2,1-3H3,(H,13,19)(H,15,16). The molecule has 0 aromatic heterocycles. The van der Waals surface area contributed by atoms with Crippen molar-refractivity contribution in [3.8, 4) is 0 Å². The van der Waals surface area contributed by atoms with Gasteiger partial charge in [-0.3, -0.25) is 14.4 Å². The average molecular weight is 304 g/mol. The van der Waals surface area contributed by atoms with Gasteiger partial charge in [-0.1, -0.05) is 6.92 Å². The van der Waals surface area contributed by atoms with Crippen LogP contribution in [-0.2, 0) is 23.9 Å². The van der Waals surface area contributed by atoms with E-state index < -0.39 is 37.0 Å². The van der Waals surface area contributed by atoms with E-state index in [2.05, 4.69) is 14.8 Å². The minimum Gasteiger partial charge on any atom is -0.481 e. The molecule has 0 saturated heterocycles. The summed E-state index contributed by atoms with van der Waals surface area (Å²) in [5.74, 6) is -2.64. The van der Waals surface area contributed by atoms with Gasteiger partial charge in [0.2, 0.25) is 0 Å². The Morgan fingerprint density at radius 2 is 1.57 bits per heavy atom. The van der Waals surface area contributed by atoms with E-state index in [4.69, 9.17) is 5.11 Å². The van der Waals surface area contributed by atoms with Crippen molar-refractivity contribution in [2.24, 2.45) is 5.92 Å². The molecule has 0 radical (unpaired) electrons. The predicted molar refractivity (Wildman–Crippen MR) is 70.4 cm³/mol. The van der Waals surface area contributed by atoms with Crippen LogP contribution in [0.5, 0.6) is 0 Å². The molecule has 0 bridgehead atoms. The summed E-state index contributed by atoms with van der Waals surface area (Å²) in [4.78, 5) is 45.7. The Morgan fingerprint density at radius 3 is 1.95 bits per heavy atom. The molecular formula is C12H20N2O7. The molecule has 9 heteroatoms. The zero-order valence-electron chi connectivity index (χ0n) is 12.2. The van der Waals surface area contributed by atoms with E-state index in [1.54, 1.807) is 6.92 Å². The molecule has 9 nitrogen and oxygen atoms in total. The molecule has 2 amide bonds. The molecular weight excluding hydrogens is 284 g/mol. The number of urea groups is 1. The summed E-state index contributed by atoms with van der Waals surface area (Å²) in [6.07, 6.45) is -0.103. The van der Waals surface area contributed by atoms with Gasteiger partial charge < -0.3 is 24.8 Å². The molecule has 0 spiro atoms. The molecule has 0 aliphatic carbocycles. The highest BCUT2D eigenvalue weighted by Crippen LogP contribution is 2.00. The maximum absolute atomic E-state index is 11.9. The summed E-state index contributed by atoms with van der Waals surface area (Å²) in [6, 6.07) is -0.678. The number of carboxylic acids is 1. The van der Waals surface area contributed by atoms with E-state index in [1.807, 2.05) is 0 Å². The second-order valence-electron chi connectivity index (χ2n) is 4.40. The van der Waals surface area contributed by atoms with E-state index in [0.717, 1.165) is 19.1 Å². The van der Waals surface area contributed by atoms with E-state index in [0.29, 0.717) is 0 Å². The lowest BCUT2D eigenvalue weighted by molar-refractivity contribution is -0.144. The van der Waals surface area contributed by atoms with Crippen LogP contribution in [0, 0.1) is 5.92 Å². The summed E-state index contributed by atoms with van der Waals surface area (Å²) in [6.45, 7) is 0.929. The summed E-state index contributed by atoms with van der Waals surface area (Å²) in [7, 11) is 2.32. The van der Waals surface area contributed by atoms with Crippen molar-refractivity contribution in [3.05, 3.63) is 0 Å². The largest absolute Gasteiger partial charge is 0.481 e. The number of ether oxygens (including phenoxy) is 2. The van der Waals surface area contributed by atoms with Gasteiger partial charge in [0, 0.05) is 13.0 Å². The normalized spacial score (nSPS) is 11.2. The van der Waals surface area contributed by atoms with Crippen LogP contribution in [0.1, 0.15) is 13.3 Å². The van der Waals surface area contributed by atoms with Gasteiger partial charge >= 0.3 is 23.9 Å². The number of rotatable bonds is 8. The highest BCUT2D eigenvalue weighted by molar-refractivity contribution is 5.85. The molecule has 0 saturated carbocycles. The van der Waals surface area contributed by atoms with E-state index in [9.17, 15) is 19.2 Å². The molecule has 0 fully saturated rings. The van der Waals surface area contributed by atoms with Crippen LogP contribution in [0.2, 0.25) is 0 Å². The smallest absolute Gasteiger partial charge is 0.325 e. The minimum absolute atomic E-state index is 0.101. The second-order valence-corrected chi connectivity index (χ2v) is 4.40. The van der Waals surface area contributed by atoms with Gasteiger partial charge in [0.1, 0.15) is 13.1 Å². The lowest BCUT2D eigenvalue weighted by Gasteiger charge is -2.21. The van der Waals surface area contributed by atoms with Crippen LogP contribution >= 0.6 is 0 Å². The third-order valence-electron chi connectivity index (χ3n) is 2.51. The third kappa shape index (κ3) is 8.45. The predicted octanol–water partition coefficient (Wildman–Crippen LogP) is -0.545. The zero-order chi connectivity index (χ0) is 16.4. The lowest BCUT2D eigenvalue weighted by atomic mass is 10.1. The highest BCUT2D eigenvalue weighted by atomic mass is 16.5. The average Bonchev–Trinajstić information content (AvgIpc) is 2.42. The van der Waals surface area contributed by atoms with Crippen molar-refractivity contribution >= 4 is 23.9 Å². The fourth-order valence-corrected chi connectivity index (χ4v) is 1.38. The van der Waals surface area contributed by atoms with Crippen LogP contribution in [0.15, 0.2) is 0 Å². The molecule has 1 unspecified atom stereocenters. The number of carbonyl (C=O) groups is 4. The van der Waals surface area contributed by atoms with Crippen LogP contribution < -0.4 is 5.32 Å². The van der Waals surface area contributed by atoms with Gasteiger partial charge in [0.25, 0.3) is 0 Å². The van der Waals surface area contributed by atoms with Gasteiger partial charge in [-0.25, -0.2) is 4.79 Å². The third-order valence-corrected chi connectivity index (χ3v) is 2.51. The van der Waals surface area contributed by atoms with Gasteiger partial charge in [0.05, 0.1) is 14.2 Å². The highest BCUT2D eigenvalue weighted by Gasteiger charge is 2.21. The first-order chi connectivity index (χ1) is 9.79. The minimum atomic E-state index is -0.974. The van der Waals surface area contributed by atoms with Gasteiger partial charge in [0.15, 0.2) is 0 Å². The van der Waals surface area contributed by atoms with Crippen molar-refractivity contribution in [1.29, 1.82) is 0 Å². The Morgan fingerprint density at radius 1 is 1.10 bits per heavy atom. The summed E-state index contributed by atoms with van der Waals surface area (Å²) >= 11 is 0. The van der Waals surface area contributed by atoms with Crippen LogP contribution in [0.3, 0.4) is 0 Å². The van der Waals surface area contributed by atoms with Gasteiger partial charge in [-0.15, -0.1) is 0 Å². The second kappa shape index (κ2) is 9.56. The SMILES string of the molecule is COC(=O)CN(CC(=O)OC)C(=O)NCC(C)CC(=O)O. The molecule has 0 aliphatic heterocycles. The molecule has 0 heterocycles. The van der Waals surface area contributed by atoms with E-state index in [1.165, 1.54) is 0 Å². The number of aliphatic carboxylic acids is 1.